The van der Waals surface area contributed by atoms with Crippen molar-refractivity contribution in [3.63, 3.8) is 0 Å². The van der Waals surface area contributed by atoms with E-state index in [1.165, 1.54) is 39.9 Å². The molecule has 0 aliphatic carbocycles. The second-order valence-electron chi connectivity index (χ2n) is 9.38. The van der Waals surface area contributed by atoms with Crippen molar-refractivity contribution in [1.82, 2.24) is 9.97 Å². The first kappa shape index (κ1) is 18.7. The van der Waals surface area contributed by atoms with E-state index in [2.05, 4.69) is 33.9 Å². The number of H-pyrrole nitrogens is 1. The number of ether oxygens (including phenoxy) is 1. The molecule has 8 heteroatoms. The maximum absolute atomic E-state index is 6.25. The van der Waals surface area contributed by atoms with Crippen LogP contribution in [0.2, 0.25) is 0 Å². The van der Waals surface area contributed by atoms with Crippen molar-refractivity contribution in [2.75, 3.05) is 49.1 Å². The summed E-state index contributed by atoms with van der Waals surface area (Å²) < 4.78 is 7.49. The van der Waals surface area contributed by atoms with Gasteiger partial charge in [0.15, 0.2) is 5.52 Å². The zero-order valence-corrected chi connectivity index (χ0v) is 18.6. The summed E-state index contributed by atoms with van der Waals surface area (Å²) in [7, 11) is 0. The van der Waals surface area contributed by atoms with Crippen molar-refractivity contribution in [3.8, 4) is 0 Å². The zero-order chi connectivity index (χ0) is 20.3. The minimum absolute atomic E-state index is 0.162. The van der Waals surface area contributed by atoms with Crippen LogP contribution in [-0.4, -0.2) is 54.8 Å². The fraction of sp³-hybridized carbons (Fsp3) is 0.591. The zero-order valence-electron chi connectivity index (χ0n) is 17.8. The normalized spacial score (nSPS) is 21.5. The quantitative estimate of drug-likeness (QED) is 0.672. The van der Waals surface area contributed by atoms with Gasteiger partial charge in [0.05, 0.1) is 17.6 Å². The Balaban J connectivity index is 1.60. The summed E-state index contributed by atoms with van der Waals surface area (Å²) >= 11 is 1.80. The van der Waals surface area contributed by atoms with Crippen LogP contribution < -0.4 is 20.1 Å². The molecule has 3 N–H and O–H groups in total. The monoisotopic (exact) mass is 426 g/mol. The number of nitrogens with one attached hydrogen (secondary N) is 1. The van der Waals surface area contributed by atoms with Gasteiger partial charge in [-0.15, -0.1) is 16.3 Å². The Morgan fingerprint density at radius 2 is 1.90 bits per heavy atom. The Bertz CT molecular complexity index is 1110. The van der Waals surface area contributed by atoms with Crippen LogP contribution in [0.3, 0.4) is 0 Å². The summed E-state index contributed by atoms with van der Waals surface area (Å²) in [5.41, 5.74) is 3.63. The molecule has 0 unspecified atom stereocenters. The Hall–Kier alpha value is -2.03. The fourth-order valence-corrected chi connectivity index (χ4v) is 6.39. The second-order valence-corrected chi connectivity index (χ2v) is 10.4. The predicted molar refractivity (Wildman–Crippen MR) is 119 cm³/mol. The van der Waals surface area contributed by atoms with E-state index in [1.807, 2.05) is 6.33 Å². The summed E-state index contributed by atoms with van der Waals surface area (Å²) in [5.74, 6) is 2.36. The summed E-state index contributed by atoms with van der Waals surface area (Å²) in [6, 6.07) is 0. The van der Waals surface area contributed by atoms with Crippen LogP contribution in [0, 0.1) is 0 Å². The van der Waals surface area contributed by atoms with Gasteiger partial charge >= 0.3 is 0 Å². The van der Waals surface area contributed by atoms with E-state index in [4.69, 9.17) is 14.7 Å². The molecule has 0 bridgehead atoms. The first-order valence-electron chi connectivity index (χ1n) is 11.2. The molecule has 2 saturated heterocycles. The summed E-state index contributed by atoms with van der Waals surface area (Å²) in [4.78, 5) is 19.6. The van der Waals surface area contributed by atoms with Crippen LogP contribution in [0.4, 0.5) is 11.6 Å². The van der Waals surface area contributed by atoms with Crippen LogP contribution >= 0.6 is 11.3 Å². The SMILES string of the molecule is CC1(C)Cc2c(c(N3CCCC3)nc3sc4c(N5CC[NH2+]CC5)[nH+]cnc4c23)CO1. The van der Waals surface area contributed by atoms with Crippen LogP contribution in [0.1, 0.15) is 37.8 Å². The number of anilines is 2. The number of pyridine rings is 1. The lowest BCUT2D eigenvalue weighted by Gasteiger charge is -2.34. The minimum Gasteiger partial charge on any atom is -0.370 e. The smallest absolute Gasteiger partial charge is 0.243 e. The van der Waals surface area contributed by atoms with Gasteiger partial charge < -0.3 is 15.0 Å². The number of aromatic nitrogens is 3. The molecule has 0 atom stereocenters. The largest absolute Gasteiger partial charge is 0.370 e. The Morgan fingerprint density at radius 3 is 2.70 bits per heavy atom. The first-order chi connectivity index (χ1) is 14.6. The highest BCUT2D eigenvalue weighted by Crippen LogP contribution is 2.44. The number of hydrogen-bond donors (Lipinski definition) is 1. The van der Waals surface area contributed by atoms with Gasteiger partial charge in [-0.1, -0.05) is 0 Å². The molecule has 0 spiro atoms. The summed E-state index contributed by atoms with van der Waals surface area (Å²) in [6.45, 7) is 11.6. The van der Waals surface area contributed by atoms with Gasteiger partial charge in [0.2, 0.25) is 12.1 Å². The van der Waals surface area contributed by atoms with Crippen LogP contribution in [0.25, 0.3) is 20.4 Å². The van der Waals surface area contributed by atoms with E-state index in [1.54, 1.807) is 11.3 Å². The molecule has 30 heavy (non-hydrogen) atoms. The van der Waals surface area contributed by atoms with Crippen molar-refractivity contribution >= 4 is 43.4 Å². The molecule has 0 aromatic carbocycles. The molecule has 6 rings (SSSR count). The highest BCUT2D eigenvalue weighted by molar-refractivity contribution is 7.26. The lowest BCUT2D eigenvalue weighted by molar-refractivity contribution is -0.656. The number of aromatic amines is 1. The lowest BCUT2D eigenvalue weighted by atomic mass is 9.90. The van der Waals surface area contributed by atoms with Crippen LogP contribution in [0.15, 0.2) is 6.33 Å². The third-order valence-corrected chi connectivity index (χ3v) is 7.84. The maximum Gasteiger partial charge on any atom is 0.243 e. The third-order valence-electron chi connectivity index (χ3n) is 6.76. The van der Waals surface area contributed by atoms with Crippen LogP contribution in [-0.2, 0) is 17.8 Å². The van der Waals surface area contributed by atoms with Gasteiger partial charge in [-0.2, -0.15) is 0 Å². The van der Waals surface area contributed by atoms with Gasteiger partial charge in [-0.3, -0.25) is 4.90 Å². The van der Waals surface area contributed by atoms with Crippen molar-refractivity contribution in [3.05, 3.63) is 17.5 Å². The molecule has 0 saturated carbocycles. The Kier molecular flexibility index (Phi) is 4.37. The van der Waals surface area contributed by atoms with Crippen LogP contribution in [0.5, 0.6) is 0 Å². The minimum atomic E-state index is -0.162. The van der Waals surface area contributed by atoms with Gasteiger partial charge in [-0.25, -0.2) is 9.97 Å². The summed E-state index contributed by atoms with van der Waals surface area (Å²) in [6.07, 6.45) is 5.27. The van der Waals surface area contributed by atoms with Gasteiger partial charge in [-0.05, 0) is 32.3 Å². The fourth-order valence-electron chi connectivity index (χ4n) is 5.21. The Labute approximate surface area is 180 Å². The molecule has 6 heterocycles. The number of fused-ring (bicyclic) bond motifs is 5. The van der Waals surface area contributed by atoms with Gasteiger partial charge in [0.25, 0.3) is 0 Å². The number of quaternary nitrogens is 1. The maximum atomic E-state index is 6.25. The number of piperazine rings is 1. The molecule has 3 aromatic heterocycles. The van der Waals surface area contributed by atoms with E-state index in [0.29, 0.717) is 6.61 Å². The third kappa shape index (κ3) is 2.96. The molecule has 7 nitrogen and oxygen atoms in total. The van der Waals surface area contributed by atoms with E-state index in [0.717, 1.165) is 61.9 Å². The molecule has 3 aromatic rings. The van der Waals surface area contributed by atoms with E-state index >= 15 is 0 Å². The van der Waals surface area contributed by atoms with Crippen molar-refractivity contribution in [1.29, 1.82) is 0 Å². The number of thiophene rings is 1. The first-order valence-corrected chi connectivity index (χ1v) is 12.0. The average Bonchev–Trinajstić information content (AvgIpc) is 3.40. The molecular formula is C22H30N6OS+2. The number of hydrogen-bond acceptors (Lipinski definition) is 6. The van der Waals surface area contributed by atoms with E-state index in [-0.39, 0.29) is 5.60 Å². The van der Waals surface area contributed by atoms with Gasteiger partial charge in [0.1, 0.15) is 41.5 Å². The lowest BCUT2D eigenvalue weighted by Crippen LogP contribution is -2.90. The molecular weight excluding hydrogens is 396 g/mol. The summed E-state index contributed by atoms with van der Waals surface area (Å²) in [5, 5.41) is 3.64. The average molecular weight is 427 g/mol. The Morgan fingerprint density at radius 1 is 1.10 bits per heavy atom. The van der Waals surface area contributed by atoms with Gasteiger partial charge in [0, 0.05) is 25.1 Å². The molecule has 2 fully saturated rings. The molecule has 0 radical (unpaired) electrons. The number of rotatable bonds is 2. The highest BCUT2D eigenvalue weighted by Gasteiger charge is 2.35. The van der Waals surface area contributed by atoms with Crippen molar-refractivity contribution < 1.29 is 15.0 Å². The molecule has 0 amide bonds. The topological polar surface area (TPSA) is 72.2 Å². The molecule has 158 valence electrons. The standard InChI is InChI=1S/C22H28N6OS/c1-22(2)11-14-15(12-29-22)19(27-7-3-4-8-27)26-21-16(14)17-18(30-21)20(25-13-24-17)28-9-5-23-6-10-28/h13,23H,3-12H2,1-2H3/p+2. The molecule has 3 aliphatic heterocycles. The predicted octanol–water partition coefficient (Wildman–Crippen LogP) is 1.49. The highest BCUT2D eigenvalue weighted by atomic mass is 32.1. The number of nitrogens with two attached hydrogens (primary N) is 1. The van der Waals surface area contributed by atoms with E-state index in [9.17, 15) is 0 Å². The van der Waals surface area contributed by atoms with E-state index < -0.39 is 0 Å². The second kappa shape index (κ2) is 7.00. The van der Waals surface area contributed by atoms with Crippen molar-refractivity contribution in [2.45, 2.75) is 45.3 Å². The number of nitrogens with zero attached hydrogens (tertiary/aromatic N) is 4. The molecule has 3 aliphatic rings. The van der Waals surface area contributed by atoms with Crippen molar-refractivity contribution in [2.24, 2.45) is 0 Å².